The van der Waals surface area contributed by atoms with Crippen molar-refractivity contribution in [2.75, 3.05) is 12.0 Å². The van der Waals surface area contributed by atoms with Crippen LogP contribution in [-0.2, 0) is 6.42 Å². The molecule has 1 unspecified atom stereocenters. The number of carbonyl (C=O) groups excluding carboxylic acids is 1. The maximum absolute atomic E-state index is 13.3. The topological polar surface area (TPSA) is 29.5 Å². The van der Waals surface area contributed by atoms with Crippen LogP contribution in [0.15, 0.2) is 97.6 Å². The molecule has 3 nitrogen and oxygen atoms in total. The van der Waals surface area contributed by atoms with Gasteiger partial charge in [0.15, 0.2) is 0 Å². The Kier molecular flexibility index (Phi) is 6.06. The molecule has 0 heterocycles. The van der Waals surface area contributed by atoms with Crippen LogP contribution in [0.2, 0.25) is 0 Å². The lowest BCUT2D eigenvalue weighted by Crippen LogP contribution is -2.40. The normalized spacial score (nSPS) is 11.4. The molecule has 136 valence electrons. The third-order valence-corrected chi connectivity index (χ3v) is 4.48. The lowest BCUT2D eigenvalue weighted by Gasteiger charge is -2.30. The lowest BCUT2D eigenvalue weighted by atomic mass is 10.0. The highest BCUT2D eigenvalue weighted by Gasteiger charge is 2.24. The largest absolute Gasteiger partial charge is 0.497 e. The van der Waals surface area contributed by atoms with Crippen molar-refractivity contribution in [3.8, 4) is 5.75 Å². The summed E-state index contributed by atoms with van der Waals surface area (Å²) >= 11 is 0. The summed E-state index contributed by atoms with van der Waals surface area (Å²) in [7, 11) is 1.63. The standard InChI is InChI=1S/C24H23NO2/c1-3-21(18-19-10-6-4-7-11-19)25(22-14-16-23(27-2)17-15-22)24(26)20-12-8-5-9-13-20/h3-17,21H,1,18H2,2H3. The molecule has 3 aromatic rings. The highest BCUT2D eigenvalue weighted by atomic mass is 16.5. The van der Waals surface area contributed by atoms with Crippen LogP contribution >= 0.6 is 0 Å². The average Bonchev–Trinajstić information content (AvgIpc) is 2.75. The molecule has 3 rings (SSSR count). The van der Waals surface area contributed by atoms with Gasteiger partial charge in [0.2, 0.25) is 0 Å². The van der Waals surface area contributed by atoms with Crippen LogP contribution in [0.1, 0.15) is 15.9 Å². The summed E-state index contributed by atoms with van der Waals surface area (Å²) < 4.78 is 5.25. The van der Waals surface area contributed by atoms with Crippen molar-refractivity contribution in [2.45, 2.75) is 12.5 Å². The quantitative estimate of drug-likeness (QED) is 0.548. The van der Waals surface area contributed by atoms with Crippen LogP contribution in [0.5, 0.6) is 5.75 Å². The van der Waals surface area contributed by atoms with E-state index in [0.29, 0.717) is 12.0 Å². The number of carbonyl (C=O) groups is 1. The monoisotopic (exact) mass is 357 g/mol. The second-order valence-electron chi connectivity index (χ2n) is 6.23. The number of rotatable bonds is 7. The van der Waals surface area contributed by atoms with E-state index in [2.05, 4.69) is 18.7 Å². The van der Waals surface area contributed by atoms with E-state index in [-0.39, 0.29) is 11.9 Å². The Morgan fingerprint density at radius 1 is 0.963 bits per heavy atom. The van der Waals surface area contributed by atoms with Gasteiger partial charge in [-0.2, -0.15) is 0 Å². The van der Waals surface area contributed by atoms with Crippen molar-refractivity contribution < 1.29 is 9.53 Å². The maximum atomic E-state index is 13.3. The van der Waals surface area contributed by atoms with Crippen molar-refractivity contribution >= 4 is 11.6 Å². The first-order chi connectivity index (χ1) is 13.2. The van der Waals surface area contributed by atoms with Gasteiger partial charge in [-0.1, -0.05) is 54.6 Å². The molecule has 0 bridgehead atoms. The molecule has 3 aromatic carbocycles. The number of amides is 1. The van der Waals surface area contributed by atoms with Gasteiger partial charge in [0, 0.05) is 11.3 Å². The van der Waals surface area contributed by atoms with E-state index in [4.69, 9.17) is 4.74 Å². The maximum Gasteiger partial charge on any atom is 0.258 e. The molecule has 1 atom stereocenters. The van der Waals surface area contributed by atoms with Crippen molar-refractivity contribution in [2.24, 2.45) is 0 Å². The van der Waals surface area contributed by atoms with Gasteiger partial charge in [-0.05, 0) is 48.4 Å². The number of methoxy groups -OCH3 is 1. The van der Waals surface area contributed by atoms with Gasteiger partial charge >= 0.3 is 0 Å². The van der Waals surface area contributed by atoms with Gasteiger partial charge in [-0.15, -0.1) is 6.58 Å². The number of ether oxygens (including phenoxy) is 1. The molecule has 0 saturated carbocycles. The number of nitrogens with zero attached hydrogens (tertiary/aromatic N) is 1. The molecule has 0 aliphatic heterocycles. The molecule has 0 radical (unpaired) electrons. The zero-order valence-electron chi connectivity index (χ0n) is 15.4. The number of anilines is 1. The molecule has 1 amide bonds. The molecule has 27 heavy (non-hydrogen) atoms. The van der Waals surface area contributed by atoms with Crippen molar-refractivity contribution in [3.05, 3.63) is 109 Å². The van der Waals surface area contributed by atoms with Crippen molar-refractivity contribution in [1.29, 1.82) is 0 Å². The Morgan fingerprint density at radius 2 is 1.56 bits per heavy atom. The third-order valence-electron chi connectivity index (χ3n) is 4.48. The number of hydrogen-bond acceptors (Lipinski definition) is 2. The van der Waals surface area contributed by atoms with E-state index < -0.39 is 0 Å². The predicted octanol–water partition coefficient (Wildman–Crippen LogP) is 5.14. The van der Waals surface area contributed by atoms with Gasteiger partial charge in [-0.3, -0.25) is 4.79 Å². The molecule has 0 aliphatic rings. The van der Waals surface area contributed by atoms with E-state index in [1.165, 1.54) is 0 Å². The van der Waals surface area contributed by atoms with E-state index in [1.807, 2.05) is 78.9 Å². The van der Waals surface area contributed by atoms with Crippen LogP contribution in [0.25, 0.3) is 0 Å². The van der Waals surface area contributed by atoms with Gasteiger partial charge in [0.05, 0.1) is 13.2 Å². The smallest absolute Gasteiger partial charge is 0.258 e. The zero-order chi connectivity index (χ0) is 19.1. The first-order valence-corrected chi connectivity index (χ1v) is 8.92. The molecule has 0 N–H and O–H groups in total. The lowest BCUT2D eigenvalue weighted by molar-refractivity contribution is 0.0981. The minimum absolute atomic E-state index is 0.0541. The van der Waals surface area contributed by atoms with Crippen molar-refractivity contribution in [3.63, 3.8) is 0 Å². The molecular formula is C24H23NO2. The Hall–Kier alpha value is -3.33. The highest BCUT2D eigenvalue weighted by molar-refractivity contribution is 6.06. The Morgan fingerprint density at radius 3 is 2.11 bits per heavy atom. The fourth-order valence-electron chi connectivity index (χ4n) is 3.06. The molecule has 0 saturated heterocycles. The molecule has 0 aliphatic carbocycles. The van der Waals surface area contributed by atoms with E-state index in [1.54, 1.807) is 12.0 Å². The second-order valence-corrected chi connectivity index (χ2v) is 6.23. The van der Waals surface area contributed by atoms with Gasteiger partial charge < -0.3 is 9.64 Å². The minimum Gasteiger partial charge on any atom is -0.497 e. The first kappa shape index (κ1) is 18.5. The summed E-state index contributed by atoms with van der Waals surface area (Å²) in [4.78, 5) is 15.1. The molecule has 0 fully saturated rings. The molecular weight excluding hydrogens is 334 g/mol. The van der Waals surface area contributed by atoms with E-state index in [0.717, 1.165) is 17.0 Å². The summed E-state index contributed by atoms with van der Waals surface area (Å²) in [6.45, 7) is 3.99. The summed E-state index contributed by atoms with van der Waals surface area (Å²) in [5.74, 6) is 0.700. The minimum atomic E-state index is -0.173. The Labute approximate surface area is 160 Å². The Balaban J connectivity index is 1.99. The molecule has 0 aromatic heterocycles. The van der Waals surface area contributed by atoms with Gasteiger partial charge in [0.1, 0.15) is 5.75 Å². The average molecular weight is 357 g/mol. The first-order valence-electron chi connectivity index (χ1n) is 8.92. The fraction of sp³-hybridized carbons (Fsp3) is 0.125. The SMILES string of the molecule is C=CC(Cc1ccccc1)N(C(=O)c1ccccc1)c1ccc(OC)cc1. The van der Waals surface area contributed by atoms with Crippen LogP contribution in [-0.4, -0.2) is 19.1 Å². The van der Waals surface area contributed by atoms with Crippen molar-refractivity contribution in [1.82, 2.24) is 0 Å². The van der Waals surface area contributed by atoms with Crippen LogP contribution in [0.4, 0.5) is 5.69 Å². The van der Waals surface area contributed by atoms with Gasteiger partial charge in [0.25, 0.3) is 5.91 Å². The molecule has 0 spiro atoms. The second kappa shape index (κ2) is 8.86. The van der Waals surface area contributed by atoms with Crippen LogP contribution in [0.3, 0.4) is 0 Å². The summed E-state index contributed by atoms with van der Waals surface area (Å²) in [5, 5.41) is 0. The van der Waals surface area contributed by atoms with Crippen LogP contribution < -0.4 is 9.64 Å². The summed E-state index contributed by atoms with van der Waals surface area (Å²) in [5.41, 5.74) is 2.61. The van der Waals surface area contributed by atoms with Crippen LogP contribution in [0, 0.1) is 0 Å². The number of benzene rings is 3. The third kappa shape index (κ3) is 4.45. The highest BCUT2D eigenvalue weighted by Crippen LogP contribution is 2.25. The van der Waals surface area contributed by atoms with Gasteiger partial charge in [-0.25, -0.2) is 0 Å². The van der Waals surface area contributed by atoms with E-state index in [9.17, 15) is 4.79 Å². The molecule has 3 heteroatoms. The zero-order valence-corrected chi connectivity index (χ0v) is 15.4. The fourth-order valence-corrected chi connectivity index (χ4v) is 3.06. The summed E-state index contributed by atoms with van der Waals surface area (Å²) in [6, 6.07) is 26.8. The summed E-state index contributed by atoms with van der Waals surface area (Å²) in [6.07, 6.45) is 2.52. The number of hydrogen-bond donors (Lipinski definition) is 0. The Bertz CT molecular complexity index is 873. The van der Waals surface area contributed by atoms with E-state index >= 15 is 0 Å². The predicted molar refractivity (Wildman–Crippen MR) is 110 cm³/mol.